The number of rotatable bonds is 7. The predicted molar refractivity (Wildman–Crippen MR) is 129 cm³/mol. The Labute approximate surface area is 190 Å². The molecule has 0 spiro atoms. The lowest BCUT2D eigenvalue weighted by molar-refractivity contribution is -0.945. The molecule has 1 aliphatic heterocycles. The molecule has 32 heavy (non-hydrogen) atoms. The molecule has 2 N–H and O–H groups in total. The van der Waals surface area contributed by atoms with Crippen molar-refractivity contribution in [2.75, 3.05) is 39.2 Å². The second kappa shape index (κ2) is 9.88. The second-order valence-electron chi connectivity index (χ2n) is 8.58. The van der Waals surface area contributed by atoms with E-state index in [9.17, 15) is 4.79 Å². The van der Waals surface area contributed by atoms with Gasteiger partial charge in [0.2, 0.25) is 0 Å². The van der Waals surface area contributed by atoms with Crippen molar-refractivity contribution in [3.63, 3.8) is 0 Å². The summed E-state index contributed by atoms with van der Waals surface area (Å²) in [6.07, 6.45) is 1.06. The number of carbonyl (C=O) groups is 1. The summed E-state index contributed by atoms with van der Waals surface area (Å²) in [5, 5.41) is 3.18. The fraction of sp³-hybridized carbons (Fsp3) is 0.296. The molecule has 0 bridgehead atoms. The molecule has 1 aliphatic rings. The fourth-order valence-electron chi connectivity index (χ4n) is 4.46. The number of nitrogens with one attached hydrogen (secondary N) is 2. The Bertz CT molecular complexity index is 1060. The standard InChI is InChI=1S/C27H31N3O2/c1-29(2)24-13-11-21(12-14-24)26(30-16-15-20-7-4-5-8-23(20)19-30)18-28-27(31)22-9-6-10-25(17-22)32-3/h4-14,17,26H,15-16,18-19H2,1-3H3,(H,28,31)/p+1/t26-/m1/s1. The maximum Gasteiger partial charge on any atom is 0.251 e. The van der Waals surface area contributed by atoms with Crippen molar-refractivity contribution in [3.8, 4) is 5.75 Å². The smallest absolute Gasteiger partial charge is 0.251 e. The van der Waals surface area contributed by atoms with Gasteiger partial charge in [0, 0.05) is 42.9 Å². The first-order chi connectivity index (χ1) is 15.5. The molecule has 4 rings (SSSR count). The van der Waals surface area contributed by atoms with Crippen molar-refractivity contribution in [1.29, 1.82) is 0 Å². The summed E-state index contributed by atoms with van der Waals surface area (Å²) in [5.41, 5.74) is 5.88. The molecule has 0 fully saturated rings. The number of anilines is 1. The summed E-state index contributed by atoms with van der Waals surface area (Å²) in [4.78, 5) is 16.5. The quantitative estimate of drug-likeness (QED) is 0.606. The molecule has 0 aromatic heterocycles. The van der Waals surface area contributed by atoms with Crippen molar-refractivity contribution in [2.45, 2.75) is 19.0 Å². The van der Waals surface area contributed by atoms with E-state index in [-0.39, 0.29) is 11.9 Å². The number of nitrogens with zero attached hydrogens (tertiary/aromatic N) is 1. The number of carbonyl (C=O) groups excluding carboxylic acids is 1. The Morgan fingerprint density at radius 3 is 2.50 bits per heavy atom. The lowest BCUT2D eigenvalue weighted by Gasteiger charge is -2.33. The number of benzene rings is 3. The zero-order chi connectivity index (χ0) is 22.5. The van der Waals surface area contributed by atoms with E-state index in [0.29, 0.717) is 17.9 Å². The van der Waals surface area contributed by atoms with Gasteiger partial charge in [0.05, 0.1) is 20.2 Å². The summed E-state index contributed by atoms with van der Waals surface area (Å²) in [5.74, 6) is 0.613. The first kappa shape index (κ1) is 21.9. The number of hydrogen-bond donors (Lipinski definition) is 2. The van der Waals surface area contributed by atoms with Gasteiger partial charge in [0.25, 0.3) is 5.91 Å². The third-order valence-corrected chi connectivity index (χ3v) is 6.35. The van der Waals surface area contributed by atoms with E-state index < -0.39 is 0 Å². The van der Waals surface area contributed by atoms with E-state index in [1.807, 2.05) is 32.3 Å². The molecule has 1 unspecified atom stereocenters. The molecule has 1 heterocycles. The summed E-state index contributed by atoms with van der Waals surface area (Å²) in [6.45, 7) is 2.59. The van der Waals surface area contributed by atoms with Gasteiger partial charge in [-0.05, 0) is 35.9 Å². The van der Waals surface area contributed by atoms with Gasteiger partial charge in [-0.1, -0.05) is 42.5 Å². The molecule has 166 valence electrons. The van der Waals surface area contributed by atoms with Gasteiger partial charge in [-0.3, -0.25) is 4.79 Å². The first-order valence-electron chi connectivity index (χ1n) is 11.2. The maximum atomic E-state index is 12.9. The summed E-state index contributed by atoms with van der Waals surface area (Å²) in [6, 6.07) is 24.9. The molecule has 0 saturated heterocycles. The highest BCUT2D eigenvalue weighted by atomic mass is 16.5. The van der Waals surface area contributed by atoms with Gasteiger partial charge < -0.3 is 19.9 Å². The van der Waals surface area contributed by atoms with Crippen LogP contribution >= 0.6 is 0 Å². The van der Waals surface area contributed by atoms with Gasteiger partial charge in [0.15, 0.2) is 0 Å². The van der Waals surface area contributed by atoms with Crippen LogP contribution in [-0.2, 0) is 13.0 Å². The highest BCUT2D eigenvalue weighted by molar-refractivity contribution is 5.94. The molecule has 3 aromatic rings. The minimum Gasteiger partial charge on any atom is -0.497 e. The number of amides is 1. The largest absolute Gasteiger partial charge is 0.497 e. The lowest BCUT2D eigenvalue weighted by atomic mass is 9.96. The average Bonchev–Trinajstić information content (AvgIpc) is 2.84. The van der Waals surface area contributed by atoms with Gasteiger partial charge in [-0.25, -0.2) is 0 Å². The van der Waals surface area contributed by atoms with Crippen LogP contribution in [0.4, 0.5) is 5.69 Å². The topological polar surface area (TPSA) is 46.0 Å². The van der Waals surface area contributed by atoms with Crippen molar-refractivity contribution >= 4 is 11.6 Å². The molecule has 0 radical (unpaired) electrons. The number of ether oxygens (including phenoxy) is 1. The highest BCUT2D eigenvalue weighted by Crippen LogP contribution is 2.19. The van der Waals surface area contributed by atoms with E-state index in [1.165, 1.54) is 27.3 Å². The lowest BCUT2D eigenvalue weighted by Crippen LogP contribution is -3.12. The number of methoxy groups -OCH3 is 1. The minimum absolute atomic E-state index is 0.0735. The zero-order valence-electron chi connectivity index (χ0n) is 19.1. The Morgan fingerprint density at radius 1 is 1.03 bits per heavy atom. The van der Waals surface area contributed by atoms with Crippen molar-refractivity contribution in [1.82, 2.24) is 5.32 Å². The summed E-state index contributed by atoms with van der Waals surface area (Å²) in [7, 11) is 5.71. The molecule has 2 atom stereocenters. The summed E-state index contributed by atoms with van der Waals surface area (Å²) >= 11 is 0. The molecular formula is C27H32N3O2+. The fourth-order valence-corrected chi connectivity index (χ4v) is 4.46. The van der Waals surface area contributed by atoms with Crippen LogP contribution in [0.5, 0.6) is 5.75 Å². The van der Waals surface area contributed by atoms with Crippen LogP contribution in [0.15, 0.2) is 72.8 Å². The van der Waals surface area contributed by atoms with E-state index in [2.05, 4.69) is 58.7 Å². The monoisotopic (exact) mass is 430 g/mol. The third kappa shape index (κ3) is 4.94. The first-order valence-corrected chi connectivity index (χ1v) is 11.2. The van der Waals surface area contributed by atoms with Gasteiger partial charge in [0.1, 0.15) is 18.3 Å². The Kier molecular flexibility index (Phi) is 6.76. The Balaban J connectivity index is 1.55. The van der Waals surface area contributed by atoms with E-state index >= 15 is 0 Å². The van der Waals surface area contributed by atoms with Gasteiger partial charge >= 0.3 is 0 Å². The molecule has 0 saturated carbocycles. The van der Waals surface area contributed by atoms with Crippen LogP contribution < -0.4 is 19.9 Å². The predicted octanol–water partition coefficient (Wildman–Crippen LogP) is 2.87. The van der Waals surface area contributed by atoms with Crippen LogP contribution in [0.3, 0.4) is 0 Å². The van der Waals surface area contributed by atoms with E-state index in [4.69, 9.17) is 4.74 Å². The van der Waals surface area contributed by atoms with E-state index in [1.54, 1.807) is 13.2 Å². The maximum absolute atomic E-state index is 12.9. The number of quaternary nitrogens is 1. The van der Waals surface area contributed by atoms with Crippen molar-refractivity contribution < 1.29 is 14.4 Å². The molecule has 0 aliphatic carbocycles. The average molecular weight is 431 g/mol. The van der Waals surface area contributed by atoms with Crippen LogP contribution in [-0.4, -0.2) is 40.2 Å². The minimum atomic E-state index is -0.0735. The van der Waals surface area contributed by atoms with Crippen LogP contribution in [0.1, 0.15) is 33.1 Å². The summed E-state index contributed by atoms with van der Waals surface area (Å²) < 4.78 is 5.27. The highest BCUT2D eigenvalue weighted by Gasteiger charge is 2.29. The molecule has 1 amide bonds. The van der Waals surface area contributed by atoms with Crippen LogP contribution in [0.25, 0.3) is 0 Å². The number of hydrogen-bond acceptors (Lipinski definition) is 3. The Hall–Kier alpha value is -3.31. The second-order valence-corrected chi connectivity index (χ2v) is 8.58. The number of fused-ring (bicyclic) bond motifs is 1. The zero-order valence-corrected chi connectivity index (χ0v) is 19.1. The van der Waals surface area contributed by atoms with Crippen LogP contribution in [0, 0.1) is 0 Å². The van der Waals surface area contributed by atoms with Gasteiger partial charge in [-0.2, -0.15) is 0 Å². The van der Waals surface area contributed by atoms with Gasteiger partial charge in [-0.15, -0.1) is 0 Å². The molecule has 5 heteroatoms. The Morgan fingerprint density at radius 2 is 1.78 bits per heavy atom. The van der Waals surface area contributed by atoms with Crippen molar-refractivity contribution in [3.05, 3.63) is 95.1 Å². The molecule has 3 aromatic carbocycles. The SMILES string of the molecule is COc1cccc(C(=O)NC[C@H](c2ccc(N(C)C)cc2)[NH+]2CCc3ccccc3C2)c1. The van der Waals surface area contributed by atoms with Crippen LogP contribution in [0.2, 0.25) is 0 Å². The molecular weight excluding hydrogens is 398 g/mol. The van der Waals surface area contributed by atoms with Crippen molar-refractivity contribution in [2.24, 2.45) is 0 Å². The molecule has 5 nitrogen and oxygen atoms in total. The normalized spacial score (nSPS) is 16.0. The van der Waals surface area contributed by atoms with E-state index in [0.717, 1.165) is 19.5 Å². The third-order valence-electron chi connectivity index (χ3n) is 6.35.